The first-order valence-corrected chi connectivity index (χ1v) is 7.27. The standard InChI is InChI=1S/C17H12N4O3/c22-15(18-10-6-2-1-3-7-10)13-14-19-12-9-5-4-8-11(12)17(24)21(14)20-16(13)23/h1-9,19H,(H,18,22)(H,20,23). The molecule has 2 aromatic heterocycles. The summed E-state index contributed by atoms with van der Waals surface area (Å²) in [5.41, 5.74) is 0.0841. The molecule has 0 aliphatic heterocycles. The Morgan fingerprint density at radius 2 is 1.67 bits per heavy atom. The summed E-state index contributed by atoms with van der Waals surface area (Å²) in [6.45, 7) is 0. The van der Waals surface area contributed by atoms with Gasteiger partial charge < -0.3 is 10.3 Å². The van der Waals surface area contributed by atoms with Crippen molar-refractivity contribution in [3.05, 3.63) is 80.9 Å². The van der Waals surface area contributed by atoms with E-state index in [2.05, 4.69) is 15.4 Å². The molecule has 1 amide bonds. The second kappa shape index (κ2) is 5.24. The van der Waals surface area contributed by atoms with Gasteiger partial charge in [0.05, 0.1) is 10.9 Å². The molecule has 0 unspecified atom stereocenters. The molecule has 118 valence electrons. The molecular weight excluding hydrogens is 308 g/mol. The largest absolute Gasteiger partial charge is 0.339 e. The number of hydrogen-bond acceptors (Lipinski definition) is 3. The lowest BCUT2D eigenvalue weighted by Gasteiger charge is -2.04. The van der Waals surface area contributed by atoms with Crippen molar-refractivity contribution in [2.75, 3.05) is 5.32 Å². The van der Waals surface area contributed by atoms with Crippen LogP contribution in [0.2, 0.25) is 0 Å². The first kappa shape index (κ1) is 14.0. The van der Waals surface area contributed by atoms with Crippen LogP contribution in [0.3, 0.4) is 0 Å². The van der Waals surface area contributed by atoms with Gasteiger partial charge in [0.15, 0.2) is 5.65 Å². The van der Waals surface area contributed by atoms with Crippen LogP contribution in [0, 0.1) is 0 Å². The van der Waals surface area contributed by atoms with Crippen molar-refractivity contribution in [2.24, 2.45) is 0 Å². The van der Waals surface area contributed by atoms with Crippen molar-refractivity contribution in [1.82, 2.24) is 14.6 Å². The average molecular weight is 320 g/mol. The molecule has 3 N–H and O–H groups in total. The van der Waals surface area contributed by atoms with Gasteiger partial charge in [-0.25, -0.2) is 0 Å². The van der Waals surface area contributed by atoms with Crippen molar-refractivity contribution in [2.45, 2.75) is 0 Å². The molecule has 7 nitrogen and oxygen atoms in total. The fourth-order valence-corrected chi connectivity index (χ4v) is 2.66. The summed E-state index contributed by atoms with van der Waals surface area (Å²) in [5, 5.41) is 5.48. The molecule has 0 saturated heterocycles. The first-order chi connectivity index (χ1) is 11.6. The number of aromatic nitrogens is 3. The minimum atomic E-state index is -0.632. The molecule has 0 spiro atoms. The topological polar surface area (TPSA) is 99.2 Å². The number of benzene rings is 2. The second-order valence-electron chi connectivity index (χ2n) is 5.30. The van der Waals surface area contributed by atoms with E-state index in [4.69, 9.17) is 0 Å². The van der Waals surface area contributed by atoms with E-state index in [9.17, 15) is 14.4 Å². The van der Waals surface area contributed by atoms with Crippen LogP contribution < -0.4 is 16.4 Å². The summed E-state index contributed by atoms with van der Waals surface area (Å²) in [6.07, 6.45) is 0. The number of hydrogen-bond donors (Lipinski definition) is 3. The van der Waals surface area contributed by atoms with Crippen LogP contribution in [0.4, 0.5) is 5.69 Å². The zero-order valence-corrected chi connectivity index (χ0v) is 12.4. The van der Waals surface area contributed by atoms with Crippen LogP contribution in [0.25, 0.3) is 16.6 Å². The predicted octanol–water partition coefficient (Wildman–Crippen LogP) is 1.72. The molecule has 7 heteroatoms. The molecule has 0 radical (unpaired) electrons. The van der Waals surface area contributed by atoms with Gasteiger partial charge in [-0.15, -0.1) is 0 Å². The smallest absolute Gasteiger partial charge is 0.280 e. The van der Waals surface area contributed by atoms with Gasteiger partial charge in [0.2, 0.25) is 0 Å². The number of aromatic amines is 2. The molecule has 2 aromatic carbocycles. The third kappa shape index (κ3) is 2.11. The highest BCUT2D eigenvalue weighted by Crippen LogP contribution is 2.12. The zero-order chi connectivity index (χ0) is 16.7. The van der Waals surface area contributed by atoms with Gasteiger partial charge in [-0.05, 0) is 24.3 Å². The zero-order valence-electron chi connectivity index (χ0n) is 12.4. The fourth-order valence-electron chi connectivity index (χ4n) is 2.66. The maximum Gasteiger partial charge on any atom is 0.280 e. The third-order valence-electron chi connectivity index (χ3n) is 3.77. The normalized spacial score (nSPS) is 11.0. The molecule has 0 aliphatic rings. The lowest BCUT2D eigenvalue weighted by molar-refractivity contribution is 0.102. The molecule has 0 saturated carbocycles. The van der Waals surface area contributed by atoms with E-state index in [1.165, 1.54) is 0 Å². The number of nitrogens with one attached hydrogen (secondary N) is 3. The summed E-state index contributed by atoms with van der Waals surface area (Å²) < 4.78 is 1.06. The lowest BCUT2D eigenvalue weighted by atomic mass is 10.2. The van der Waals surface area contributed by atoms with Gasteiger partial charge in [0, 0.05) is 5.69 Å². The molecule has 4 rings (SSSR count). The Bertz CT molecular complexity index is 1190. The SMILES string of the molecule is O=C(Nc1ccccc1)c1c(=O)[nH]n2c(=O)c3ccccc3[nH]c12. The summed E-state index contributed by atoms with van der Waals surface area (Å²) in [7, 11) is 0. The number of anilines is 1. The van der Waals surface area contributed by atoms with Crippen LogP contribution in [-0.2, 0) is 0 Å². The Labute approximate surface area is 134 Å². The maximum absolute atomic E-state index is 12.5. The number of nitrogens with zero attached hydrogens (tertiary/aromatic N) is 1. The van der Waals surface area contributed by atoms with Gasteiger partial charge in [-0.2, -0.15) is 4.52 Å². The highest BCUT2D eigenvalue weighted by molar-refractivity contribution is 6.08. The van der Waals surface area contributed by atoms with Gasteiger partial charge in [-0.1, -0.05) is 30.3 Å². The highest BCUT2D eigenvalue weighted by atomic mass is 16.2. The van der Waals surface area contributed by atoms with Crippen molar-refractivity contribution < 1.29 is 4.79 Å². The van der Waals surface area contributed by atoms with E-state index in [1.807, 2.05) is 6.07 Å². The summed E-state index contributed by atoms with van der Waals surface area (Å²) in [5.74, 6) is -0.587. The number of H-pyrrole nitrogens is 2. The molecule has 2 heterocycles. The van der Waals surface area contributed by atoms with Crippen LogP contribution in [0.15, 0.2) is 64.2 Å². The van der Waals surface area contributed by atoms with Gasteiger partial charge in [0.25, 0.3) is 17.0 Å². The predicted molar refractivity (Wildman–Crippen MR) is 90.5 cm³/mol. The second-order valence-corrected chi connectivity index (χ2v) is 5.30. The molecule has 24 heavy (non-hydrogen) atoms. The Balaban J connectivity index is 1.92. The first-order valence-electron chi connectivity index (χ1n) is 7.27. The number of rotatable bonds is 2. The number of carbonyl (C=O) groups excluding carboxylic acids is 1. The third-order valence-corrected chi connectivity index (χ3v) is 3.77. The number of para-hydroxylation sites is 2. The monoisotopic (exact) mass is 320 g/mol. The van der Waals surface area contributed by atoms with Crippen molar-refractivity contribution in [1.29, 1.82) is 0 Å². The van der Waals surface area contributed by atoms with Gasteiger partial charge in [-0.3, -0.25) is 19.5 Å². The Morgan fingerprint density at radius 1 is 0.958 bits per heavy atom. The van der Waals surface area contributed by atoms with Crippen molar-refractivity contribution >= 4 is 28.1 Å². The van der Waals surface area contributed by atoms with E-state index in [-0.39, 0.29) is 11.2 Å². The summed E-state index contributed by atoms with van der Waals surface area (Å²) in [6, 6.07) is 15.6. The highest BCUT2D eigenvalue weighted by Gasteiger charge is 2.20. The summed E-state index contributed by atoms with van der Waals surface area (Å²) in [4.78, 5) is 40.1. The number of amides is 1. The maximum atomic E-state index is 12.5. The van der Waals surface area contributed by atoms with E-state index in [1.54, 1.807) is 48.5 Å². The van der Waals surface area contributed by atoms with E-state index in [0.29, 0.717) is 16.6 Å². The summed E-state index contributed by atoms with van der Waals surface area (Å²) >= 11 is 0. The minimum absolute atomic E-state index is 0.136. The minimum Gasteiger partial charge on any atom is -0.339 e. The lowest BCUT2D eigenvalue weighted by Crippen LogP contribution is -2.19. The fraction of sp³-hybridized carbons (Fsp3) is 0. The molecule has 0 bridgehead atoms. The molecule has 4 aromatic rings. The Kier molecular flexibility index (Phi) is 3.06. The van der Waals surface area contributed by atoms with Crippen LogP contribution in [-0.4, -0.2) is 20.5 Å². The van der Waals surface area contributed by atoms with E-state index >= 15 is 0 Å². The van der Waals surface area contributed by atoms with Crippen molar-refractivity contribution in [3.8, 4) is 0 Å². The Hall–Kier alpha value is -3.61. The number of fused-ring (bicyclic) bond motifs is 2. The van der Waals surface area contributed by atoms with E-state index in [0.717, 1.165) is 4.52 Å². The quantitative estimate of drug-likeness (QED) is 0.524. The van der Waals surface area contributed by atoms with E-state index < -0.39 is 17.0 Å². The molecule has 0 atom stereocenters. The van der Waals surface area contributed by atoms with Crippen LogP contribution in [0.5, 0.6) is 0 Å². The molecule has 0 aliphatic carbocycles. The molecule has 0 fully saturated rings. The van der Waals surface area contributed by atoms with Crippen LogP contribution >= 0.6 is 0 Å². The molecular formula is C17H12N4O3. The van der Waals surface area contributed by atoms with Crippen molar-refractivity contribution in [3.63, 3.8) is 0 Å². The van der Waals surface area contributed by atoms with Crippen LogP contribution in [0.1, 0.15) is 10.4 Å². The van der Waals surface area contributed by atoms with Gasteiger partial charge in [0.1, 0.15) is 5.56 Å². The number of carbonyl (C=O) groups is 1. The average Bonchev–Trinajstić information content (AvgIpc) is 2.92. The Morgan fingerprint density at radius 3 is 2.46 bits per heavy atom. The van der Waals surface area contributed by atoms with Gasteiger partial charge >= 0.3 is 0 Å².